The number of hydrogen-bond acceptors (Lipinski definition) is 1. The molecule has 0 saturated carbocycles. The van der Waals surface area contributed by atoms with Gasteiger partial charge in [0, 0.05) is 5.92 Å². The average Bonchev–Trinajstić information content (AvgIpc) is 2.36. The van der Waals surface area contributed by atoms with Crippen molar-refractivity contribution in [3.05, 3.63) is 47.3 Å². The van der Waals surface area contributed by atoms with Crippen LogP contribution in [0.5, 0.6) is 0 Å². The molecule has 0 aromatic heterocycles. The molecule has 2 aliphatic rings. The zero-order valence-electron chi connectivity index (χ0n) is 6.41. The summed E-state index contributed by atoms with van der Waals surface area (Å²) in [5.74, 6) is 0.808. The van der Waals surface area contributed by atoms with E-state index in [4.69, 9.17) is 0 Å². The molecule has 0 spiro atoms. The topological polar surface area (TPSA) is 20.2 Å². The highest BCUT2D eigenvalue weighted by molar-refractivity contribution is 5.47. The molecule has 2 aliphatic carbocycles. The minimum absolute atomic E-state index is 0.399. The smallest absolute Gasteiger partial charge is 0.118 e. The number of rotatable bonds is 0. The molecule has 0 heterocycles. The van der Waals surface area contributed by atoms with E-state index in [1.165, 1.54) is 5.57 Å². The standard InChI is InChI=1S/C10H10O/c1-7-5-8-3-2-4-9(8)6-10(7)11/h2-6,8,11H,1H3. The quantitative estimate of drug-likeness (QED) is 0.556. The first kappa shape index (κ1) is 6.47. The lowest BCUT2D eigenvalue weighted by molar-refractivity contribution is 0.419. The Kier molecular flexibility index (Phi) is 1.25. The molecule has 1 N–H and O–H groups in total. The third-order valence-corrected chi connectivity index (χ3v) is 2.13. The van der Waals surface area contributed by atoms with E-state index in [9.17, 15) is 5.11 Å². The summed E-state index contributed by atoms with van der Waals surface area (Å²) in [4.78, 5) is 0. The molecular formula is C10H10O. The molecule has 1 unspecified atom stereocenters. The van der Waals surface area contributed by atoms with Gasteiger partial charge in [-0.25, -0.2) is 0 Å². The first-order valence-electron chi connectivity index (χ1n) is 3.75. The molecule has 0 aromatic carbocycles. The van der Waals surface area contributed by atoms with Crippen molar-refractivity contribution >= 4 is 0 Å². The Balaban J connectivity index is 2.43. The van der Waals surface area contributed by atoms with Crippen LogP contribution >= 0.6 is 0 Å². The van der Waals surface area contributed by atoms with Gasteiger partial charge in [-0.2, -0.15) is 0 Å². The third-order valence-electron chi connectivity index (χ3n) is 2.13. The Bertz CT molecular complexity index is 303. The van der Waals surface area contributed by atoms with Crippen molar-refractivity contribution in [3.8, 4) is 0 Å². The van der Waals surface area contributed by atoms with Crippen molar-refractivity contribution in [2.45, 2.75) is 6.92 Å². The molecule has 0 fully saturated rings. The Hall–Kier alpha value is -1.24. The second kappa shape index (κ2) is 2.12. The van der Waals surface area contributed by atoms with E-state index in [2.05, 4.69) is 12.2 Å². The molecule has 1 atom stereocenters. The SMILES string of the molecule is CC1=CC2C=CC=C2C=C1O. The highest BCUT2D eigenvalue weighted by Gasteiger charge is 2.16. The summed E-state index contributed by atoms with van der Waals surface area (Å²) in [7, 11) is 0. The molecular weight excluding hydrogens is 136 g/mol. The molecule has 0 saturated heterocycles. The van der Waals surface area contributed by atoms with E-state index in [-0.39, 0.29) is 0 Å². The second-order valence-electron chi connectivity index (χ2n) is 2.96. The predicted octanol–water partition coefficient (Wildman–Crippen LogP) is 2.50. The maximum Gasteiger partial charge on any atom is 0.118 e. The van der Waals surface area contributed by atoms with E-state index < -0.39 is 0 Å². The van der Waals surface area contributed by atoms with Gasteiger partial charge in [-0.15, -0.1) is 0 Å². The number of fused-ring (bicyclic) bond motifs is 1. The number of hydrogen-bond donors (Lipinski definition) is 1. The summed E-state index contributed by atoms with van der Waals surface area (Å²) in [5.41, 5.74) is 2.16. The lowest BCUT2D eigenvalue weighted by atomic mass is 9.93. The fraction of sp³-hybridized carbons (Fsp3) is 0.200. The highest BCUT2D eigenvalue weighted by atomic mass is 16.3. The van der Waals surface area contributed by atoms with Gasteiger partial charge in [0.1, 0.15) is 5.76 Å². The van der Waals surface area contributed by atoms with E-state index in [1.54, 1.807) is 0 Å². The van der Waals surface area contributed by atoms with Crippen LogP contribution in [0.1, 0.15) is 6.92 Å². The molecule has 11 heavy (non-hydrogen) atoms. The lowest BCUT2D eigenvalue weighted by Crippen LogP contribution is -2.01. The fourth-order valence-corrected chi connectivity index (χ4v) is 1.43. The molecule has 0 aromatic rings. The number of aliphatic hydroxyl groups excluding tert-OH is 1. The lowest BCUT2D eigenvalue weighted by Gasteiger charge is -2.13. The van der Waals surface area contributed by atoms with Gasteiger partial charge in [0.25, 0.3) is 0 Å². The van der Waals surface area contributed by atoms with E-state index >= 15 is 0 Å². The van der Waals surface area contributed by atoms with Gasteiger partial charge in [-0.3, -0.25) is 0 Å². The molecule has 0 aliphatic heterocycles. The summed E-state index contributed by atoms with van der Waals surface area (Å²) >= 11 is 0. The summed E-state index contributed by atoms with van der Waals surface area (Å²) in [5, 5.41) is 9.35. The van der Waals surface area contributed by atoms with Crippen LogP contribution in [0.3, 0.4) is 0 Å². The average molecular weight is 146 g/mol. The van der Waals surface area contributed by atoms with E-state index in [1.807, 2.05) is 25.2 Å². The van der Waals surface area contributed by atoms with Crippen LogP contribution in [-0.2, 0) is 0 Å². The molecule has 2 rings (SSSR count). The van der Waals surface area contributed by atoms with Crippen LogP contribution in [0.25, 0.3) is 0 Å². The zero-order valence-corrected chi connectivity index (χ0v) is 6.41. The highest BCUT2D eigenvalue weighted by Crippen LogP contribution is 2.29. The van der Waals surface area contributed by atoms with Gasteiger partial charge in [-0.1, -0.05) is 24.3 Å². The summed E-state index contributed by atoms with van der Waals surface area (Å²) in [6.45, 7) is 1.93. The summed E-state index contributed by atoms with van der Waals surface area (Å²) in [6, 6.07) is 0. The van der Waals surface area contributed by atoms with Crippen molar-refractivity contribution in [3.63, 3.8) is 0 Å². The minimum atomic E-state index is 0.399. The molecule has 0 amide bonds. The Morgan fingerprint density at radius 3 is 3.09 bits per heavy atom. The van der Waals surface area contributed by atoms with Gasteiger partial charge < -0.3 is 5.11 Å². The second-order valence-corrected chi connectivity index (χ2v) is 2.96. The minimum Gasteiger partial charge on any atom is -0.508 e. The van der Waals surface area contributed by atoms with Crippen molar-refractivity contribution in [2.75, 3.05) is 0 Å². The van der Waals surface area contributed by atoms with Crippen LogP contribution in [0.15, 0.2) is 47.3 Å². The third kappa shape index (κ3) is 0.929. The summed E-state index contributed by atoms with van der Waals surface area (Å²) < 4.78 is 0. The van der Waals surface area contributed by atoms with Crippen LogP contribution in [-0.4, -0.2) is 5.11 Å². The maximum absolute atomic E-state index is 9.35. The predicted molar refractivity (Wildman–Crippen MR) is 45.2 cm³/mol. The van der Waals surface area contributed by atoms with Gasteiger partial charge in [0.2, 0.25) is 0 Å². The van der Waals surface area contributed by atoms with Crippen molar-refractivity contribution in [1.82, 2.24) is 0 Å². The molecule has 1 heteroatoms. The van der Waals surface area contributed by atoms with Crippen LogP contribution in [0, 0.1) is 5.92 Å². The van der Waals surface area contributed by atoms with Crippen LogP contribution < -0.4 is 0 Å². The molecule has 0 bridgehead atoms. The Labute approximate surface area is 66.0 Å². The Morgan fingerprint density at radius 1 is 1.45 bits per heavy atom. The van der Waals surface area contributed by atoms with Crippen LogP contribution in [0.4, 0.5) is 0 Å². The molecule has 56 valence electrons. The van der Waals surface area contributed by atoms with E-state index in [0.717, 1.165) is 5.57 Å². The fourth-order valence-electron chi connectivity index (χ4n) is 1.43. The molecule has 1 nitrogen and oxygen atoms in total. The van der Waals surface area contributed by atoms with Crippen molar-refractivity contribution in [1.29, 1.82) is 0 Å². The summed E-state index contributed by atoms with van der Waals surface area (Å²) in [6.07, 6.45) is 10.1. The van der Waals surface area contributed by atoms with Gasteiger partial charge >= 0.3 is 0 Å². The van der Waals surface area contributed by atoms with Gasteiger partial charge in [-0.05, 0) is 24.1 Å². The van der Waals surface area contributed by atoms with Crippen LogP contribution in [0.2, 0.25) is 0 Å². The Morgan fingerprint density at radius 2 is 2.27 bits per heavy atom. The monoisotopic (exact) mass is 146 g/mol. The van der Waals surface area contributed by atoms with E-state index in [0.29, 0.717) is 11.7 Å². The van der Waals surface area contributed by atoms with Gasteiger partial charge in [0.05, 0.1) is 0 Å². The first-order chi connectivity index (χ1) is 5.27. The van der Waals surface area contributed by atoms with Crippen molar-refractivity contribution < 1.29 is 5.11 Å². The molecule has 0 radical (unpaired) electrons. The maximum atomic E-state index is 9.35. The largest absolute Gasteiger partial charge is 0.508 e. The normalized spacial score (nSPS) is 27.4. The number of aliphatic hydroxyl groups is 1. The zero-order chi connectivity index (χ0) is 7.84. The number of allylic oxidation sites excluding steroid dienone is 7. The van der Waals surface area contributed by atoms with Gasteiger partial charge in [0.15, 0.2) is 0 Å². The first-order valence-corrected chi connectivity index (χ1v) is 3.75. The van der Waals surface area contributed by atoms with Crippen molar-refractivity contribution in [2.24, 2.45) is 5.92 Å².